The van der Waals surface area contributed by atoms with E-state index in [4.69, 9.17) is 32.7 Å². The molecule has 3 aromatic rings. The van der Waals surface area contributed by atoms with Crippen LogP contribution in [0.2, 0.25) is 10.0 Å². The monoisotopic (exact) mass is 623 g/mol. The zero-order chi connectivity index (χ0) is 29.7. The van der Waals surface area contributed by atoms with Crippen LogP contribution in [0.3, 0.4) is 0 Å². The number of benzene rings is 3. The third-order valence-electron chi connectivity index (χ3n) is 6.48. The number of rotatable bonds is 10. The summed E-state index contributed by atoms with van der Waals surface area (Å²) in [6.45, 7) is 1.51. The predicted molar refractivity (Wildman–Crippen MR) is 154 cm³/mol. The maximum absolute atomic E-state index is 14.0. The Hall–Kier alpha value is -3.54. The molecule has 2 amide bonds. The Morgan fingerprint density at radius 1 is 1.00 bits per heavy atom. The SMILES string of the molecule is CCC(C(=O)NC)N(Cc1ccc(Cl)cc1Cl)C(=O)CN(c1ccc(F)cc1)S(=O)(=O)c1ccc2c(c1)OCCO2. The molecule has 1 N–H and O–H groups in total. The minimum atomic E-state index is -4.39. The molecule has 1 aliphatic rings. The second-order valence-electron chi connectivity index (χ2n) is 9.09. The molecule has 0 saturated heterocycles. The van der Waals surface area contributed by atoms with E-state index < -0.39 is 40.2 Å². The van der Waals surface area contributed by atoms with Gasteiger partial charge in [0.25, 0.3) is 10.0 Å². The summed E-state index contributed by atoms with van der Waals surface area (Å²) >= 11 is 12.4. The molecule has 0 aromatic heterocycles. The summed E-state index contributed by atoms with van der Waals surface area (Å²) in [7, 11) is -2.95. The van der Waals surface area contributed by atoms with Gasteiger partial charge in [-0.2, -0.15) is 0 Å². The van der Waals surface area contributed by atoms with E-state index in [9.17, 15) is 22.4 Å². The van der Waals surface area contributed by atoms with Crippen LogP contribution in [0.15, 0.2) is 65.6 Å². The maximum Gasteiger partial charge on any atom is 0.264 e. The molecule has 13 heteroatoms. The quantitative estimate of drug-likeness (QED) is 0.352. The van der Waals surface area contributed by atoms with Crippen molar-refractivity contribution in [3.63, 3.8) is 0 Å². The molecule has 0 fully saturated rings. The van der Waals surface area contributed by atoms with Crippen molar-refractivity contribution in [1.82, 2.24) is 10.2 Å². The molecule has 0 saturated carbocycles. The van der Waals surface area contributed by atoms with Crippen LogP contribution < -0.4 is 19.1 Å². The van der Waals surface area contributed by atoms with E-state index in [0.717, 1.165) is 16.4 Å². The first kappa shape index (κ1) is 30.4. The number of nitrogens with one attached hydrogen (secondary N) is 1. The van der Waals surface area contributed by atoms with E-state index >= 15 is 0 Å². The number of sulfonamides is 1. The van der Waals surface area contributed by atoms with Gasteiger partial charge in [-0.3, -0.25) is 13.9 Å². The van der Waals surface area contributed by atoms with E-state index in [1.165, 1.54) is 48.3 Å². The van der Waals surface area contributed by atoms with Gasteiger partial charge in [-0.15, -0.1) is 0 Å². The van der Waals surface area contributed by atoms with Crippen molar-refractivity contribution < 1.29 is 31.9 Å². The molecular formula is C28H28Cl2FN3O6S. The fraction of sp³-hybridized carbons (Fsp3) is 0.286. The summed E-state index contributed by atoms with van der Waals surface area (Å²) in [5.41, 5.74) is 0.557. The molecule has 0 aliphatic carbocycles. The van der Waals surface area contributed by atoms with E-state index in [1.54, 1.807) is 19.1 Å². The first-order valence-corrected chi connectivity index (χ1v) is 14.9. The average Bonchev–Trinajstić information content (AvgIpc) is 2.96. The number of nitrogens with zero attached hydrogens (tertiary/aromatic N) is 2. The topological polar surface area (TPSA) is 105 Å². The lowest BCUT2D eigenvalue weighted by Crippen LogP contribution is -2.51. The standard InChI is InChI=1S/C28H28Cl2FN3O6S/c1-3-24(28(36)32-2)33(16-18-4-5-19(29)14-23(18)30)27(35)17-34(21-8-6-20(31)7-9-21)41(37,38)22-10-11-25-26(15-22)40-13-12-39-25/h4-11,14-15,24H,3,12-13,16-17H2,1-2H3,(H,32,36). The molecule has 41 heavy (non-hydrogen) atoms. The van der Waals surface area contributed by atoms with Crippen molar-refractivity contribution in [1.29, 1.82) is 0 Å². The second-order valence-corrected chi connectivity index (χ2v) is 11.8. The number of carbonyl (C=O) groups is 2. The summed E-state index contributed by atoms with van der Waals surface area (Å²) in [6.07, 6.45) is 0.238. The van der Waals surface area contributed by atoms with Gasteiger partial charge in [0.2, 0.25) is 11.8 Å². The average molecular weight is 625 g/mol. The van der Waals surface area contributed by atoms with Crippen LogP contribution in [0.1, 0.15) is 18.9 Å². The van der Waals surface area contributed by atoms with Crippen LogP contribution in [-0.2, 0) is 26.2 Å². The third-order valence-corrected chi connectivity index (χ3v) is 8.84. The Bertz CT molecular complexity index is 1540. The predicted octanol–water partition coefficient (Wildman–Crippen LogP) is 4.65. The number of hydrogen-bond donors (Lipinski definition) is 1. The minimum Gasteiger partial charge on any atom is -0.486 e. The lowest BCUT2D eigenvalue weighted by atomic mass is 10.1. The molecule has 0 spiro atoms. The van der Waals surface area contributed by atoms with Crippen molar-refractivity contribution in [3.05, 3.63) is 82.1 Å². The fourth-order valence-electron chi connectivity index (χ4n) is 4.37. The number of ether oxygens (including phenoxy) is 2. The molecule has 3 aromatic carbocycles. The molecule has 0 radical (unpaired) electrons. The molecule has 4 rings (SSSR count). The molecule has 1 heterocycles. The van der Waals surface area contributed by atoms with Gasteiger partial charge in [0.05, 0.1) is 10.6 Å². The number of anilines is 1. The molecular weight excluding hydrogens is 596 g/mol. The summed E-state index contributed by atoms with van der Waals surface area (Å²) in [4.78, 5) is 27.9. The Morgan fingerprint density at radius 2 is 1.68 bits per heavy atom. The van der Waals surface area contributed by atoms with Crippen LogP contribution in [0.25, 0.3) is 0 Å². The number of carbonyl (C=O) groups excluding carboxylic acids is 2. The molecule has 9 nitrogen and oxygen atoms in total. The van der Waals surface area contributed by atoms with Crippen molar-refractivity contribution in [2.45, 2.75) is 30.8 Å². The zero-order valence-electron chi connectivity index (χ0n) is 22.3. The molecule has 0 bridgehead atoms. The number of halogens is 3. The van der Waals surface area contributed by atoms with Gasteiger partial charge in [0.1, 0.15) is 31.6 Å². The number of hydrogen-bond acceptors (Lipinski definition) is 6. The first-order valence-electron chi connectivity index (χ1n) is 12.7. The Balaban J connectivity index is 1.76. The Morgan fingerprint density at radius 3 is 2.32 bits per heavy atom. The van der Waals surface area contributed by atoms with E-state index in [0.29, 0.717) is 22.9 Å². The highest BCUT2D eigenvalue weighted by molar-refractivity contribution is 7.92. The lowest BCUT2D eigenvalue weighted by Gasteiger charge is -2.33. The van der Waals surface area contributed by atoms with Crippen molar-refractivity contribution in [3.8, 4) is 11.5 Å². The van der Waals surface area contributed by atoms with Crippen molar-refractivity contribution in [2.24, 2.45) is 0 Å². The Kier molecular flexibility index (Phi) is 9.62. The van der Waals surface area contributed by atoms with Gasteiger partial charge in [0, 0.05) is 29.7 Å². The number of amides is 2. The van der Waals surface area contributed by atoms with Crippen LogP contribution >= 0.6 is 23.2 Å². The van der Waals surface area contributed by atoms with Gasteiger partial charge in [-0.25, -0.2) is 12.8 Å². The van der Waals surface area contributed by atoms with Crippen LogP contribution in [0, 0.1) is 5.82 Å². The van der Waals surface area contributed by atoms with Gasteiger partial charge < -0.3 is 19.7 Å². The summed E-state index contributed by atoms with van der Waals surface area (Å²) < 4.78 is 53.7. The smallest absolute Gasteiger partial charge is 0.264 e. The highest BCUT2D eigenvalue weighted by Gasteiger charge is 2.34. The van der Waals surface area contributed by atoms with Crippen molar-refractivity contribution >= 4 is 50.7 Å². The van der Waals surface area contributed by atoms with E-state index in [-0.39, 0.29) is 40.9 Å². The van der Waals surface area contributed by atoms with Crippen LogP contribution in [-0.4, -0.2) is 58.0 Å². The van der Waals surface area contributed by atoms with Crippen molar-refractivity contribution in [2.75, 3.05) is 31.1 Å². The third kappa shape index (κ3) is 6.86. The maximum atomic E-state index is 14.0. The Labute approximate surface area is 247 Å². The van der Waals surface area contributed by atoms with Crippen LogP contribution in [0.5, 0.6) is 11.5 Å². The molecule has 1 aliphatic heterocycles. The molecule has 218 valence electrons. The summed E-state index contributed by atoms with van der Waals surface area (Å²) in [5, 5.41) is 3.22. The molecule has 1 atom stereocenters. The van der Waals surface area contributed by atoms with E-state index in [2.05, 4.69) is 5.32 Å². The largest absolute Gasteiger partial charge is 0.486 e. The van der Waals surface area contributed by atoms with E-state index in [1.807, 2.05) is 0 Å². The van der Waals surface area contributed by atoms with Gasteiger partial charge in [0.15, 0.2) is 11.5 Å². The number of fused-ring (bicyclic) bond motifs is 1. The molecule has 1 unspecified atom stereocenters. The lowest BCUT2D eigenvalue weighted by molar-refractivity contribution is -0.140. The highest BCUT2D eigenvalue weighted by atomic mass is 35.5. The minimum absolute atomic E-state index is 0.0482. The van der Waals surface area contributed by atoms with Gasteiger partial charge in [-0.1, -0.05) is 36.2 Å². The fourth-order valence-corrected chi connectivity index (χ4v) is 6.27. The van der Waals surface area contributed by atoms with Gasteiger partial charge >= 0.3 is 0 Å². The number of likely N-dealkylation sites (N-methyl/N-ethyl adjacent to an activating group) is 1. The van der Waals surface area contributed by atoms with Crippen LogP contribution in [0.4, 0.5) is 10.1 Å². The zero-order valence-corrected chi connectivity index (χ0v) is 24.6. The normalized spacial score (nSPS) is 13.3. The summed E-state index contributed by atoms with van der Waals surface area (Å²) in [6, 6.07) is 12.6. The second kappa shape index (κ2) is 13.0. The van der Waals surface area contributed by atoms with Gasteiger partial charge in [-0.05, 0) is 60.5 Å². The first-order chi connectivity index (χ1) is 19.5. The highest BCUT2D eigenvalue weighted by Crippen LogP contribution is 2.34. The summed E-state index contributed by atoms with van der Waals surface area (Å²) in [5.74, 6) is -1.07.